The molecule has 0 fully saturated rings. The summed E-state index contributed by atoms with van der Waals surface area (Å²) in [6.45, 7) is 6.18. The third-order valence-electron chi connectivity index (χ3n) is 6.37. The number of anilines is 4. The summed E-state index contributed by atoms with van der Waals surface area (Å²) < 4.78 is 7.60. The molecule has 2 N–H and O–H groups in total. The maximum atomic E-state index is 13.4. The van der Waals surface area contributed by atoms with Gasteiger partial charge in [0.25, 0.3) is 0 Å². The number of rotatable bonds is 12. The molecule has 4 aromatic rings. The van der Waals surface area contributed by atoms with E-state index < -0.39 is 0 Å². The highest BCUT2D eigenvalue weighted by Gasteiger charge is 2.19. The molecular weight excluding hydrogens is 478 g/mol. The number of carbonyl (C=O) groups is 1. The molecule has 198 valence electrons. The number of aryl methyl sites for hydroxylation is 1. The molecule has 0 bridgehead atoms. The van der Waals surface area contributed by atoms with Gasteiger partial charge in [-0.25, -0.2) is 9.97 Å². The molecule has 0 unspecified atom stereocenters. The van der Waals surface area contributed by atoms with Crippen LogP contribution in [0.3, 0.4) is 0 Å². The largest absolute Gasteiger partial charge is 0.494 e. The normalized spacial score (nSPS) is 11.0. The minimum Gasteiger partial charge on any atom is -0.494 e. The zero-order valence-corrected chi connectivity index (χ0v) is 22.7. The molecule has 9 nitrogen and oxygen atoms in total. The van der Waals surface area contributed by atoms with Crippen molar-refractivity contribution in [1.29, 1.82) is 0 Å². The van der Waals surface area contributed by atoms with Crippen molar-refractivity contribution in [3.05, 3.63) is 78.8 Å². The molecule has 0 saturated heterocycles. The third-order valence-corrected chi connectivity index (χ3v) is 6.37. The van der Waals surface area contributed by atoms with Crippen molar-refractivity contribution in [3.8, 4) is 5.75 Å². The van der Waals surface area contributed by atoms with Gasteiger partial charge in [-0.15, -0.1) is 6.58 Å². The van der Waals surface area contributed by atoms with Crippen molar-refractivity contribution < 1.29 is 9.53 Å². The van der Waals surface area contributed by atoms with Gasteiger partial charge in [-0.2, -0.15) is 0 Å². The monoisotopic (exact) mass is 513 g/mol. The number of nitrogens with one attached hydrogen (secondary N) is 2. The molecule has 38 heavy (non-hydrogen) atoms. The first-order valence-corrected chi connectivity index (χ1v) is 12.4. The van der Waals surface area contributed by atoms with Crippen molar-refractivity contribution in [2.45, 2.75) is 0 Å². The molecular formula is C29H35N7O2. The number of ether oxygens (including phenoxy) is 1. The minimum atomic E-state index is -0.174. The first-order chi connectivity index (χ1) is 18.3. The van der Waals surface area contributed by atoms with Gasteiger partial charge in [-0.05, 0) is 38.4 Å². The average Bonchev–Trinajstić information content (AvgIpc) is 3.26. The summed E-state index contributed by atoms with van der Waals surface area (Å²) in [6, 6.07) is 15.4. The fraction of sp³-hybridized carbons (Fsp3) is 0.276. The molecule has 0 saturated carbocycles. The highest BCUT2D eigenvalue weighted by Crippen LogP contribution is 2.37. The van der Waals surface area contributed by atoms with Gasteiger partial charge < -0.3 is 29.7 Å². The zero-order chi connectivity index (χ0) is 27.2. The Labute approximate surface area is 223 Å². The lowest BCUT2D eigenvalue weighted by Crippen LogP contribution is -2.29. The summed E-state index contributed by atoms with van der Waals surface area (Å²) in [5, 5.41) is 7.66. The Balaban J connectivity index is 1.64. The summed E-state index contributed by atoms with van der Waals surface area (Å²) in [7, 11) is 9.67. The number of ketones is 1. The van der Waals surface area contributed by atoms with Crippen LogP contribution in [0.25, 0.3) is 10.9 Å². The van der Waals surface area contributed by atoms with E-state index in [2.05, 4.69) is 58.1 Å². The van der Waals surface area contributed by atoms with Gasteiger partial charge in [0, 0.05) is 56.9 Å². The van der Waals surface area contributed by atoms with E-state index in [0.29, 0.717) is 35.3 Å². The molecule has 0 radical (unpaired) electrons. The number of aromatic nitrogens is 3. The van der Waals surface area contributed by atoms with Crippen LogP contribution in [0.15, 0.2) is 67.4 Å². The third kappa shape index (κ3) is 5.78. The molecule has 0 amide bonds. The van der Waals surface area contributed by atoms with Crippen molar-refractivity contribution in [3.63, 3.8) is 0 Å². The second kappa shape index (κ2) is 11.8. The Morgan fingerprint density at radius 2 is 1.89 bits per heavy atom. The lowest BCUT2D eigenvalue weighted by atomic mass is 10.2. The maximum absolute atomic E-state index is 13.4. The van der Waals surface area contributed by atoms with E-state index in [0.717, 1.165) is 35.4 Å². The highest BCUT2D eigenvalue weighted by molar-refractivity contribution is 6.09. The molecule has 0 aliphatic rings. The van der Waals surface area contributed by atoms with Crippen molar-refractivity contribution in [1.82, 2.24) is 19.4 Å². The van der Waals surface area contributed by atoms with Gasteiger partial charge in [0.15, 0.2) is 0 Å². The number of hydrogen-bond acceptors (Lipinski definition) is 8. The van der Waals surface area contributed by atoms with Gasteiger partial charge in [0.2, 0.25) is 11.7 Å². The van der Waals surface area contributed by atoms with Gasteiger partial charge in [-0.1, -0.05) is 24.3 Å². The van der Waals surface area contributed by atoms with E-state index >= 15 is 0 Å². The first kappa shape index (κ1) is 26.7. The van der Waals surface area contributed by atoms with E-state index in [4.69, 9.17) is 4.74 Å². The van der Waals surface area contributed by atoms with Gasteiger partial charge in [-0.3, -0.25) is 4.79 Å². The molecule has 9 heteroatoms. The maximum Gasteiger partial charge on any atom is 0.227 e. The van der Waals surface area contributed by atoms with E-state index in [1.165, 1.54) is 0 Å². The SMILES string of the molecule is C=CCNc1cc(Nc2nccc(C(=O)c3cc4ccccc4n3C)n2)c(OC)cc1N(C)CCN(C)C. The molecule has 2 aromatic carbocycles. The van der Waals surface area contributed by atoms with Crippen LogP contribution in [0, 0.1) is 0 Å². The van der Waals surface area contributed by atoms with E-state index in [9.17, 15) is 4.79 Å². The predicted molar refractivity (Wildman–Crippen MR) is 155 cm³/mol. The fourth-order valence-corrected chi connectivity index (χ4v) is 4.25. The van der Waals surface area contributed by atoms with Crippen LogP contribution in [0.4, 0.5) is 23.0 Å². The van der Waals surface area contributed by atoms with E-state index in [1.54, 1.807) is 19.4 Å². The van der Waals surface area contributed by atoms with Crippen molar-refractivity contribution in [2.75, 3.05) is 63.4 Å². The zero-order valence-electron chi connectivity index (χ0n) is 22.7. The summed E-state index contributed by atoms with van der Waals surface area (Å²) >= 11 is 0. The van der Waals surface area contributed by atoms with Gasteiger partial charge in [0.1, 0.15) is 11.4 Å². The highest BCUT2D eigenvalue weighted by atomic mass is 16.5. The topological polar surface area (TPSA) is 87.5 Å². The Morgan fingerprint density at radius 1 is 1.11 bits per heavy atom. The number of nitrogens with zero attached hydrogens (tertiary/aromatic N) is 5. The van der Waals surface area contributed by atoms with Crippen LogP contribution >= 0.6 is 0 Å². The summed E-state index contributed by atoms with van der Waals surface area (Å²) in [4.78, 5) is 26.6. The Bertz CT molecular complexity index is 1440. The summed E-state index contributed by atoms with van der Waals surface area (Å²) in [5.74, 6) is 0.762. The Hall–Kier alpha value is -4.37. The number of hydrogen-bond donors (Lipinski definition) is 2. The number of carbonyl (C=O) groups excluding carboxylic acids is 1. The van der Waals surface area contributed by atoms with Crippen LogP contribution < -0.4 is 20.3 Å². The number of methoxy groups -OCH3 is 1. The molecule has 0 atom stereocenters. The Morgan fingerprint density at radius 3 is 2.61 bits per heavy atom. The molecule has 4 rings (SSSR count). The Kier molecular flexibility index (Phi) is 8.28. The fourth-order valence-electron chi connectivity index (χ4n) is 4.25. The van der Waals surface area contributed by atoms with E-state index in [1.807, 2.05) is 60.2 Å². The van der Waals surface area contributed by atoms with E-state index in [-0.39, 0.29) is 5.78 Å². The average molecular weight is 514 g/mol. The predicted octanol–water partition coefficient (Wildman–Crippen LogP) is 4.55. The van der Waals surface area contributed by atoms with Crippen molar-refractivity contribution in [2.24, 2.45) is 7.05 Å². The van der Waals surface area contributed by atoms with Gasteiger partial charge in [0.05, 0.1) is 29.9 Å². The first-order valence-electron chi connectivity index (χ1n) is 12.4. The second-order valence-electron chi connectivity index (χ2n) is 9.33. The quantitative estimate of drug-likeness (QED) is 0.211. The van der Waals surface area contributed by atoms with Crippen LogP contribution in [0.2, 0.25) is 0 Å². The molecule has 0 spiro atoms. The lowest BCUT2D eigenvalue weighted by Gasteiger charge is -2.26. The van der Waals surface area contributed by atoms with Gasteiger partial charge >= 0.3 is 0 Å². The standard InChI is InChI=1S/C29H35N7O2/c1-7-13-30-22-18-23(27(38-6)19-25(22)35(4)16-15-34(2)3)33-29-31-14-12-21(32-29)28(37)26-17-20-10-8-9-11-24(20)36(26)5/h7-12,14,17-19,30H,1,13,15-16H2,2-6H3,(H,31,32,33). The van der Waals surface area contributed by atoms with Crippen LogP contribution in [0.5, 0.6) is 5.75 Å². The number of benzene rings is 2. The summed E-state index contributed by atoms with van der Waals surface area (Å²) in [6.07, 6.45) is 3.39. The summed E-state index contributed by atoms with van der Waals surface area (Å²) in [5.41, 5.74) is 4.45. The lowest BCUT2D eigenvalue weighted by molar-refractivity contribution is 0.102. The molecule has 2 heterocycles. The van der Waals surface area contributed by atoms with Crippen LogP contribution in [-0.2, 0) is 7.05 Å². The molecule has 2 aromatic heterocycles. The second-order valence-corrected chi connectivity index (χ2v) is 9.33. The van der Waals surface area contributed by atoms with Crippen LogP contribution in [-0.4, -0.2) is 73.1 Å². The van der Waals surface area contributed by atoms with Crippen molar-refractivity contribution >= 4 is 39.7 Å². The minimum absolute atomic E-state index is 0.174. The molecule has 0 aliphatic carbocycles. The number of likely N-dealkylation sites (N-methyl/N-ethyl adjacent to an activating group) is 2. The number of fused-ring (bicyclic) bond motifs is 1. The van der Waals surface area contributed by atoms with Crippen LogP contribution in [0.1, 0.15) is 16.2 Å². The smallest absolute Gasteiger partial charge is 0.227 e. The molecule has 0 aliphatic heterocycles. The number of para-hydroxylation sites is 1.